The highest BCUT2D eigenvalue weighted by Crippen LogP contribution is 2.36. The van der Waals surface area contributed by atoms with Crippen LogP contribution in [0.3, 0.4) is 0 Å². The summed E-state index contributed by atoms with van der Waals surface area (Å²) in [6.07, 6.45) is 0.189. The normalized spacial score (nSPS) is 16.3. The number of allylic oxidation sites excluding steroid dienone is 1. The predicted octanol–water partition coefficient (Wildman–Crippen LogP) is 3.73. The predicted molar refractivity (Wildman–Crippen MR) is 110 cm³/mol. The van der Waals surface area contributed by atoms with Gasteiger partial charge >= 0.3 is 0 Å². The quantitative estimate of drug-likeness (QED) is 0.758. The van der Waals surface area contributed by atoms with Crippen molar-refractivity contribution in [3.05, 3.63) is 81.3 Å². The molecule has 1 atom stereocenters. The highest BCUT2D eigenvalue weighted by molar-refractivity contribution is 8.03. The number of carbonyl (C=O) groups excluding carboxylic acids is 2. The van der Waals surface area contributed by atoms with E-state index in [2.05, 4.69) is 16.7 Å². The Hall–Kier alpha value is -2.75. The second-order valence-corrected chi connectivity index (χ2v) is 7.68. The van der Waals surface area contributed by atoms with Crippen LogP contribution in [0.2, 0.25) is 5.02 Å². The van der Waals surface area contributed by atoms with E-state index in [1.54, 1.807) is 12.1 Å². The zero-order chi connectivity index (χ0) is 19.9. The minimum atomic E-state index is -0.342. The van der Waals surface area contributed by atoms with E-state index in [1.165, 1.54) is 11.8 Å². The first kappa shape index (κ1) is 20.0. The van der Waals surface area contributed by atoms with E-state index in [0.717, 1.165) is 11.1 Å². The van der Waals surface area contributed by atoms with Gasteiger partial charge in [0.2, 0.25) is 11.8 Å². The van der Waals surface area contributed by atoms with Gasteiger partial charge in [0, 0.05) is 23.9 Å². The lowest BCUT2D eigenvalue weighted by Crippen LogP contribution is -2.32. The van der Waals surface area contributed by atoms with Crippen LogP contribution in [0.4, 0.5) is 0 Å². The second-order valence-electron chi connectivity index (χ2n) is 6.26. The summed E-state index contributed by atoms with van der Waals surface area (Å²) in [5.74, 6) is -0.570. The largest absolute Gasteiger partial charge is 0.351 e. The molecule has 0 saturated heterocycles. The zero-order valence-electron chi connectivity index (χ0n) is 14.9. The van der Waals surface area contributed by atoms with Crippen LogP contribution in [0, 0.1) is 11.3 Å². The highest BCUT2D eigenvalue weighted by Gasteiger charge is 2.29. The molecule has 1 aliphatic rings. The van der Waals surface area contributed by atoms with Gasteiger partial charge in [-0.1, -0.05) is 65.8 Å². The van der Waals surface area contributed by atoms with E-state index in [1.807, 2.05) is 42.5 Å². The minimum absolute atomic E-state index is 0.112. The number of nitrogens with zero attached hydrogens (tertiary/aromatic N) is 1. The Kier molecular flexibility index (Phi) is 6.75. The molecule has 5 nitrogen and oxygen atoms in total. The zero-order valence-corrected chi connectivity index (χ0v) is 16.5. The van der Waals surface area contributed by atoms with Gasteiger partial charge in [-0.3, -0.25) is 9.59 Å². The number of rotatable bonds is 6. The molecule has 2 N–H and O–H groups in total. The topological polar surface area (TPSA) is 82.0 Å². The fourth-order valence-corrected chi connectivity index (χ4v) is 3.93. The molecule has 28 heavy (non-hydrogen) atoms. The molecular weight excluding hydrogens is 394 g/mol. The maximum absolute atomic E-state index is 12.2. The van der Waals surface area contributed by atoms with E-state index in [0.29, 0.717) is 22.2 Å². The van der Waals surface area contributed by atoms with Crippen LogP contribution in [0.1, 0.15) is 23.5 Å². The van der Waals surface area contributed by atoms with Gasteiger partial charge in [-0.25, -0.2) is 0 Å². The third-order valence-corrected chi connectivity index (χ3v) is 5.58. The van der Waals surface area contributed by atoms with Crippen molar-refractivity contribution in [2.45, 2.75) is 18.9 Å². The summed E-state index contributed by atoms with van der Waals surface area (Å²) in [6.45, 7) is 0.435. The summed E-state index contributed by atoms with van der Waals surface area (Å²) >= 11 is 7.10. The Morgan fingerprint density at radius 1 is 1.21 bits per heavy atom. The summed E-state index contributed by atoms with van der Waals surface area (Å²) in [4.78, 5) is 24.3. The fourth-order valence-electron chi connectivity index (χ4n) is 2.90. The number of carbonyl (C=O) groups is 2. The summed E-state index contributed by atoms with van der Waals surface area (Å²) in [7, 11) is 0. The minimum Gasteiger partial charge on any atom is -0.351 e. The molecule has 0 fully saturated rings. The lowest BCUT2D eigenvalue weighted by atomic mass is 9.87. The van der Waals surface area contributed by atoms with Crippen LogP contribution in [0.15, 0.2) is 65.2 Å². The average Bonchev–Trinajstić information content (AvgIpc) is 2.71. The molecule has 0 saturated carbocycles. The Morgan fingerprint density at radius 2 is 1.93 bits per heavy atom. The number of nitrogens with one attached hydrogen (secondary N) is 2. The third kappa shape index (κ3) is 5.16. The molecule has 1 heterocycles. The number of amides is 2. The summed E-state index contributed by atoms with van der Waals surface area (Å²) in [5.41, 5.74) is 2.32. The molecule has 0 aromatic heterocycles. The highest BCUT2D eigenvalue weighted by atomic mass is 35.5. The molecule has 2 aromatic rings. The van der Waals surface area contributed by atoms with Crippen LogP contribution >= 0.6 is 23.4 Å². The van der Waals surface area contributed by atoms with Crippen LogP contribution in [-0.4, -0.2) is 17.6 Å². The summed E-state index contributed by atoms with van der Waals surface area (Å²) in [6, 6.07) is 18.9. The van der Waals surface area contributed by atoms with E-state index in [-0.39, 0.29) is 29.9 Å². The van der Waals surface area contributed by atoms with E-state index < -0.39 is 0 Å². The van der Waals surface area contributed by atoms with Gasteiger partial charge in [0.1, 0.15) is 0 Å². The van der Waals surface area contributed by atoms with Gasteiger partial charge in [-0.2, -0.15) is 5.26 Å². The monoisotopic (exact) mass is 411 g/mol. The van der Waals surface area contributed by atoms with Crippen molar-refractivity contribution < 1.29 is 9.59 Å². The Balaban J connectivity index is 1.68. The van der Waals surface area contributed by atoms with Gasteiger partial charge in [0.05, 0.1) is 22.4 Å². The van der Waals surface area contributed by atoms with Gasteiger partial charge in [0.25, 0.3) is 0 Å². The van der Waals surface area contributed by atoms with Crippen molar-refractivity contribution in [3.8, 4) is 6.07 Å². The third-order valence-electron chi connectivity index (χ3n) is 4.31. The smallest absolute Gasteiger partial charge is 0.230 e. The number of hydrogen-bond donors (Lipinski definition) is 2. The lowest BCUT2D eigenvalue weighted by molar-refractivity contribution is -0.121. The average molecular weight is 412 g/mol. The molecule has 0 radical (unpaired) electrons. The molecule has 0 aliphatic carbocycles. The van der Waals surface area contributed by atoms with Crippen molar-refractivity contribution in [2.24, 2.45) is 0 Å². The SMILES string of the molecule is N#CC1=C(SCC(=O)NCc2ccccc2)NC(=O)CC1c1ccc(Cl)cc1. The van der Waals surface area contributed by atoms with Crippen molar-refractivity contribution in [1.82, 2.24) is 10.6 Å². The first-order chi connectivity index (χ1) is 13.6. The van der Waals surface area contributed by atoms with Gasteiger partial charge in [0.15, 0.2) is 0 Å². The van der Waals surface area contributed by atoms with Gasteiger partial charge in [-0.05, 0) is 23.3 Å². The second kappa shape index (κ2) is 9.45. The number of nitriles is 1. The standard InChI is InChI=1S/C21H18ClN3O2S/c22-16-8-6-15(7-9-16)17-10-19(26)25-21(18(17)11-23)28-13-20(27)24-12-14-4-2-1-3-5-14/h1-9,17H,10,12-13H2,(H,24,27)(H,25,26). The number of halogens is 1. The molecule has 142 valence electrons. The number of thioether (sulfide) groups is 1. The molecule has 7 heteroatoms. The van der Waals surface area contributed by atoms with Crippen LogP contribution < -0.4 is 10.6 Å². The Labute approximate surface area is 172 Å². The van der Waals surface area contributed by atoms with Gasteiger partial charge in [-0.15, -0.1) is 0 Å². The van der Waals surface area contributed by atoms with Crippen molar-refractivity contribution in [1.29, 1.82) is 5.26 Å². The number of benzene rings is 2. The molecule has 1 aliphatic heterocycles. The fraction of sp³-hybridized carbons (Fsp3) is 0.190. The van der Waals surface area contributed by atoms with E-state index >= 15 is 0 Å². The maximum Gasteiger partial charge on any atom is 0.230 e. The molecule has 0 spiro atoms. The van der Waals surface area contributed by atoms with Crippen LogP contribution in [-0.2, 0) is 16.1 Å². The molecule has 2 aromatic carbocycles. The molecule has 1 unspecified atom stereocenters. The first-order valence-corrected chi connectivity index (χ1v) is 10.1. The molecule has 0 bridgehead atoms. The van der Waals surface area contributed by atoms with Crippen molar-refractivity contribution >= 4 is 35.2 Å². The molecular formula is C21H18ClN3O2S. The van der Waals surface area contributed by atoms with Gasteiger partial charge < -0.3 is 10.6 Å². The molecule has 2 amide bonds. The summed E-state index contributed by atoms with van der Waals surface area (Å²) in [5, 5.41) is 16.3. The Morgan fingerprint density at radius 3 is 2.61 bits per heavy atom. The van der Waals surface area contributed by atoms with Crippen LogP contribution in [0.5, 0.6) is 0 Å². The lowest BCUT2D eigenvalue weighted by Gasteiger charge is -2.25. The maximum atomic E-state index is 12.2. The van der Waals surface area contributed by atoms with Crippen LogP contribution in [0.25, 0.3) is 0 Å². The first-order valence-electron chi connectivity index (χ1n) is 8.70. The Bertz CT molecular complexity index is 936. The number of hydrogen-bond acceptors (Lipinski definition) is 4. The summed E-state index contributed by atoms with van der Waals surface area (Å²) < 4.78 is 0. The van der Waals surface area contributed by atoms with Crippen molar-refractivity contribution in [2.75, 3.05) is 5.75 Å². The van der Waals surface area contributed by atoms with E-state index in [9.17, 15) is 14.9 Å². The van der Waals surface area contributed by atoms with Crippen molar-refractivity contribution in [3.63, 3.8) is 0 Å². The van der Waals surface area contributed by atoms with E-state index in [4.69, 9.17) is 11.6 Å². The molecule has 3 rings (SSSR count).